The second kappa shape index (κ2) is 4.90. The summed E-state index contributed by atoms with van der Waals surface area (Å²) in [5.74, 6) is -0.743. The van der Waals surface area contributed by atoms with E-state index in [9.17, 15) is 9.90 Å². The van der Waals surface area contributed by atoms with Gasteiger partial charge in [0.05, 0.1) is 0 Å². The van der Waals surface area contributed by atoms with Crippen molar-refractivity contribution in [1.82, 2.24) is 0 Å². The van der Waals surface area contributed by atoms with Crippen molar-refractivity contribution >= 4 is 16.6 Å². The molecule has 23 heavy (non-hydrogen) atoms. The Morgan fingerprint density at radius 1 is 0.957 bits per heavy atom. The number of hydrogen-bond acceptors (Lipinski definition) is 2. The van der Waals surface area contributed by atoms with Gasteiger partial charge in [0.15, 0.2) is 5.60 Å². The van der Waals surface area contributed by atoms with Crippen LogP contribution in [0.4, 0.5) is 0 Å². The standard InChI is InChI=1S/C21H16O2/c1-2-17(14-8-4-3-5-9-14)21(23)18-13-7-11-15-10-6-12-16(19(15)18)20(21)22/h2-13,17,23H,1H2. The van der Waals surface area contributed by atoms with E-state index in [1.807, 2.05) is 60.7 Å². The molecule has 2 heteroatoms. The maximum Gasteiger partial charge on any atom is 0.200 e. The van der Waals surface area contributed by atoms with Crippen LogP contribution >= 0.6 is 0 Å². The Labute approximate surface area is 134 Å². The monoisotopic (exact) mass is 300 g/mol. The molecule has 2 nitrogen and oxygen atoms in total. The van der Waals surface area contributed by atoms with Gasteiger partial charge in [0.25, 0.3) is 0 Å². The van der Waals surface area contributed by atoms with Crippen LogP contribution in [0.2, 0.25) is 0 Å². The summed E-state index contributed by atoms with van der Waals surface area (Å²) in [7, 11) is 0. The SMILES string of the molecule is C=CC(c1ccccc1)C1(O)C(=O)c2cccc3cccc1c23. The summed E-state index contributed by atoms with van der Waals surface area (Å²) < 4.78 is 0. The molecule has 0 radical (unpaired) electrons. The van der Waals surface area contributed by atoms with Gasteiger partial charge in [0, 0.05) is 17.0 Å². The molecule has 2 atom stereocenters. The predicted molar refractivity (Wildman–Crippen MR) is 91.6 cm³/mol. The Balaban J connectivity index is 2.01. The quantitative estimate of drug-likeness (QED) is 0.736. The Bertz CT molecular complexity index is 922. The van der Waals surface area contributed by atoms with Crippen molar-refractivity contribution < 1.29 is 9.90 Å². The lowest BCUT2D eigenvalue weighted by Crippen LogP contribution is -2.37. The van der Waals surface area contributed by atoms with Crippen LogP contribution in [-0.2, 0) is 5.60 Å². The summed E-state index contributed by atoms with van der Waals surface area (Å²) in [5, 5.41) is 13.3. The van der Waals surface area contributed by atoms with Crippen molar-refractivity contribution in [2.24, 2.45) is 0 Å². The number of rotatable bonds is 3. The molecule has 0 aromatic heterocycles. The molecule has 2 unspecified atom stereocenters. The van der Waals surface area contributed by atoms with Gasteiger partial charge in [-0.2, -0.15) is 0 Å². The number of hydrogen-bond donors (Lipinski definition) is 1. The molecule has 0 saturated carbocycles. The molecule has 4 rings (SSSR count). The Morgan fingerprint density at radius 3 is 2.35 bits per heavy atom. The molecule has 1 aliphatic rings. The third kappa shape index (κ3) is 1.76. The van der Waals surface area contributed by atoms with E-state index >= 15 is 0 Å². The lowest BCUT2D eigenvalue weighted by molar-refractivity contribution is 0.0255. The number of benzene rings is 3. The van der Waals surface area contributed by atoms with Gasteiger partial charge in [-0.25, -0.2) is 0 Å². The summed E-state index contributed by atoms with van der Waals surface area (Å²) in [5.41, 5.74) is 0.530. The minimum atomic E-state index is -1.60. The highest BCUT2D eigenvalue weighted by molar-refractivity contribution is 6.20. The fraction of sp³-hybridized carbons (Fsp3) is 0.0952. The second-order valence-corrected chi connectivity index (χ2v) is 5.93. The van der Waals surface area contributed by atoms with Crippen molar-refractivity contribution in [3.8, 4) is 0 Å². The Morgan fingerprint density at radius 2 is 1.65 bits per heavy atom. The molecule has 112 valence electrons. The zero-order valence-corrected chi connectivity index (χ0v) is 12.6. The summed E-state index contributed by atoms with van der Waals surface area (Å²) in [6.45, 7) is 3.88. The largest absolute Gasteiger partial charge is 0.376 e. The van der Waals surface area contributed by atoms with E-state index in [4.69, 9.17) is 0 Å². The van der Waals surface area contributed by atoms with E-state index in [0.717, 1.165) is 16.3 Å². The van der Waals surface area contributed by atoms with Gasteiger partial charge in [-0.15, -0.1) is 6.58 Å². The molecule has 0 spiro atoms. The van der Waals surface area contributed by atoms with Crippen LogP contribution in [-0.4, -0.2) is 10.9 Å². The molecule has 1 N–H and O–H groups in total. The zero-order chi connectivity index (χ0) is 16.0. The second-order valence-electron chi connectivity index (χ2n) is 5.93. The highest BCUT2D eigenvalue weighted by atomic mass is 16.3. The Kier molecular flexibility index (Phi) is 2.97. The number of aliphatic hydroxyl groups is 1. The van der Waals surface area contributed by atoms with Crippen molar-refractivity contribution in [2.75, 3.05) is 0 Å². The maximum absolute atomic E-state index is 13.1. The predicted octanol–water partition coefficient (Wildman–Crippen LogP) is 4.19. The number of ketones is 1. The van der Waals surface area contributed by atoms with Crippen LogP contribution in [0.3, 0.4) is 0 Å². The first-order chi connectivity index (χ1) is 11.2. The van der Waals surface area contributed by atoms with Gasteiger partial charge in [0.1, 0.15) is 0 Å². The fourth-order valence-electron chi connectivity index (χ4n) is 3.69. The molecule has 3 aromatic carbocycles. The molecule has 1 aliphatic carbocycles. The number of carbonyl (C=O) groups excluding carboxylic acids is 1. The summed E-state index contributed by atoms with van der Waals surface area (Å²) >= 11 is 0. The minimum Gasteiger partial charge on any atom is -0.376 e. The van der Waals surface area contributed by atoms with Crippen LogP contribution in [0.15, 0.2) is 79.4 Å². The van der Waals surface area contributed by atoms with E-state index < -0.39 is 11.5 Å². The van der Waals surface area contributed by atoms with E-state index in [0.29, 0.717) is 11.1 Å². The van der Waals surface area contributed by atoms with E-state index in [-0.39, 0.29) is 5.78 Å². The van der Waals surface area contributed by atoms with E-state index in [1.165, 1.54) is 0 Å². The Hall–Kier alpha value is -2.71. The summed E-state index contributed by atoms with van der Waals surface area (Å²) in [6, 6.07) is 20.9. The van der Waals surface area contributed by atoms with Gasteiger partial charge in [-0.1, -0.05) is 72.8 Å². The normalized spacial score (nSPS) is 20.7. The topological polar surface area (TPSA) is 37.3 Å². The van der Waals surface area contributed by atoms with E-state index in [1.54, 1.807) is 12.1 Å². The van der Waals surface area contributed by atoms with Gasteiger partial charge < -0.3 is 5.11 Å². The molecule has 0 aliphatic heterocycles. The van der Waals surface area contributed by atoms with Gasteiger partial charge in [-0.3, -0.25) is 4.79 Å². The third-order valence-corrected chi connectivity index (χ3v) is 4.75. The van der Waals surface area contributed by atoms with Gasteiger partial charge >= 0.3 is 0 Å². The molecule has 0 saturated heterocycles. The van der Waals surface area contributed by atoms with Crippen molar-refractivity contribution in [1.29, 1.82) is 0 Å². The number of Topliss-reactive ketones (excluding diaryl/α,β-unsaturated/α-hetero) is 1. The summed E-state index contributed by atoms with van der Waals surface area (Å²) in [4.78, 5) is 13.1. The molecule has 0 bridgehead atoms. The number of carbonyl (C=O) groups is 1. The highest BCUT2D eigenvalue weighted by Crippen LogP contribution is 2.48. The fourth-order valence-corrected chi connectivity index (χ4v) is 3.69. The first-order valence-corrected chi connectivity index (χ1v) is 7.65. The first-order valence-electron chi connectivity index (χ1n) is 7.65. The van der Waals surface area contributed by atoms with Gasteiger partial charge in [0.2, 0.25) is 5.78 Å². The molecule has 0 amide bonds. The van der Waals surface area contributed by atoms with Crippen LogP contribution in [0, 0.1) is 0 Å². The first kappa shape index (κ1) is 13.9. The van der Waals surface area contributed by atoms with Crippen LogP contribution in [0.1, 0.15) is 27.4 Å². The average molecular weight is 300 g/mol. The smallest absolute Gasteiger partial charge is 0.200 e. The highest BCUT2D eigenvalue weighted by Gasteiger charge is 2.50. The molecule has 0 fully saturated rings. The van der Waals surface area contributed by atoms with Gasteiger partial charge in [-0.05, 0) is 16.3 Å². The minimum absolute atomic E-state index is 0.252. The maximum atomic E-state index is 13.1. The zero-order valence-electron chi connectivity index (χ0n) is 12.6. The van der Waals surface area contributed by atoms with Crippen LogP contribution in [0.5, 0.6) is 0 Å². The third-order valence-electron chi connectivity index (χ3n) is 4.75. The lowest BCUT2D eigenvalue weighted by atomic mass is 9.77. The van der Waals surface area contributed by atoms with Crippen molar-refractivity contribution in [2.45, 2.75) is 11.5 Å². The van der Waals surface area contributed by atoms with Crippen molar-refractivity contribution in [3.63, 3.8) is 0 Å². The molecule has 3 aromatic rings. The average Bonchev–Trinajstić information content (AvgIpc) is 2.82. The van der Waals surface area contributed by atoms with Crippen LogP contribution in [0.25, 0.3) is 10.8 Å². The lowest BCUT2D eigenvalue weighted by Gasteiger charge is -2.30. The van der Waals surface area contributed by atoms with E-state index in [2.05, 4.69) is 6.58 Å². The molecule has 0 heterocycles. The van der Waals surface area contributed by atoms with Crippen molar-refractivity contribution in [3.05, 3.63) is 96.1 Å². The molecular formula is C21H16O2. The van der Waals surface area contributed by atoms with Crippen LogP contribution < -0.4 is 0 Å². The molecular weight excluding hydrogens is 284 g/mol. The summed E-state index contributed by atoms with van der Waals surface area (Å²) in [6.07, 6.45) is 1.66.